The molecule has 0 saturated carbocycles. The van der Waals surface area contributed by atoms with Gasteiger partial charge in [-0.15, -0.1) is 0 Å². The van der Waals surface area contributed by atoms with Crippen molar-refractivity contribution in [3.05, 3.63) is 89.0 Å². The van der Waals surface area contributed by atoms with E-state index in [1.807, 2.05) is 56.3 Å². The average Bonchev–Trinajstić information content (AvgIpc) is 2.76. The molecule has 3 aromatic rings. The summed E-state index contributed by atoms with van der Waals surface area (Å²) in [5, 5.41) is 2.85. The lowest BCUT2D eigenvalue weighted by atomic mass is 10.1. The lowest BCUT2D eigenvalue weighted by Crippen LogP contribution is -2.45. The summed E-state index contributed by atoms with van der Waals surface area (Å²) in [4.78, 5) is 13.2. The van der Waals surface area contributed by atoms with Crippen LogP contribution in [0.15, 0.2) is 71.6 Å². The van der Waals surface area contributed by atoms with Crippen LogP contribution in [-0.2, 0) is 21.2 Å². The molecule has 2 N–H and O–H groups in total. The van der Waals surface area contributed by atoms with Crippen LogP contribution in [0.1, 0.15) is 22.3 Å². The summed E-state index contributed by atoms with van der Waals surface area (Å²) in [7, 11) is -2.62. The van der Waals surface area contributed by atoms with Gasteiger partial charge in [-0.05, 0) is 73.7 Å². The zero-order valence-electron chi connectivity index (χ0n) is 18.7. The van der Waals surface area contributed by atoms with Gasteiger partial charge in [0.2, 0.25) is 15.9 Å². The first-order valence-corrected chi connectivity index (χ1v) is 11.8. The molecule has 1 amide bonds. The summed E-state index contributed by atoms with van der Waals surface area (Å²) < 4.78 is 34.3. The zero-order chi connectivity index (χ0) is 23.3. The standard InChI is InChI=1S/C25H28N2O4S/c1-17-10-13-23(31-4)24(14-17)32(29,30)27-22(16-20-8-6-5-7-9-20)25(28)26-21-12-11-18(2)19(3)15-21/h5-15,22,27H,16H2,1-4H3,(H,26,28). The Morgan fingerprint density at radius 3 is 2.31 bits per heavy atom. The van der Waals surface area contributed by atoms with Crippen LogP contribution in [0.2, 0.25) is 0 Å². The van der Waals surface area contributed by atoms with E-state index in [-0.39, 0.29) is 17.1 Å². The molecule has 0 saturated heterocycles. The number of ether oxygens (including phenoxy) is 1. The van der Waals surface area contributed by atoms with Crippen LogP contribution in [0.3, 0.4) is 0 Å². The van der Waals surface area contributed by atoms with E-state index in [4.69, 9.17) is 4.74 Å². The molecular formula is C25H28N2O4S. The van der Waals surface area contributed by atoms with Crippen molar-refractivity contribution in [2.45, 2.75) is 38.1 Å². The van der Waals surface area contributed by atoms with Crippen LogP contribution in [0, 0.1) is 20.8 Å². The van der Waals surface area contributed by atoms with E-state index in [1.54, 1.807) is 25.1 Å². The lowest BCUT2D eigenvalue weighted by Gasteiger charge is -2.20. The Kier molecular flexibility index (Phi) is 7.33. The van der Waals surface area contributed by atoms with Crippen molar-refractivity contribution in [3.8, 4) is 5.75 Å². The van der Waals surface area contributed by atoms with Crippen molar-refractivity contribution < 1.29 is 17.9 Å². The predicted octanol–water partition coefficient (Wildman–Crippen LogP) is 4.15. The van der Waals surface area contributed by atoms with Crippen molar-refractivity contribution in [1.82, 2.24) is 4.72 Å². The van der Waals surface area contributed by atoms with Crippen molar-refractivity contribution >= 4 is 21.6 Å². The van der Waals surface area contributed by atoms with E-state index in [1.165, 1.54) is 13.2 Å². The minimum atomic E-state index is -4.03. The van der Waals surface area contributed by atoms with Crippen LogP contribution < -0.4 is 14.8 Å². The smallest absolute Gasteiger partial charge is 0.245 e. The second-order valence-corrected chi connectivity index (χ2v) is 9.49. The maximum Gasteiger partial charge on any atom is 0.245 e. The summed E-state index contributed by atoms with van der Waals surface area (Å²) in [6.07, 6.45) is 0.199. The van der Waals surface area contributed by atoms with E-state index in [9.17, 15) is 13.2 Å². The summed E-state index contributed by atoms with van der Waals surface area (Å²) in [6, 6.07) is 18.8. The third-order valence-electron chi connectivity index (χ3n) is 5.28. The number of carbonyl (C=O) groups is 1. The van der Waals surface area contributed by atoms with Crippen LogP contribution in [-0.4, -0.2) is 27.5 Å². The Balaban J connectivity index is 1.92. The highest BCUT2D eigenvalue weighted by atomic mass is 32.2. The van der Waals surface area contributed by atoms with Crippen molar-refractivity contribution in [1.29, 1.82) is 0 Å². The number of benzene rings is 3. The van der Waals surface area contributed by atoms with Crippen LogP contribution in [0.25, 0.3) is 0 Å². The normalized spacial score (nSPS) is 12.2. The molecule has 6 nitrogen and oxygen atoms in total. The second-order valence-electron chi connectivity index (χ2n) is 7.81. The van der Waals surface area contributed by atoms with Gasteiger partial charge in [0.1, 0.15) is 16.7 Å². The number of amides is 1. The van der Waals surface area contributed by atoms with Gasteiger partial charge in [-0.25, -0.2) is 8.42 Å². The second kappa shape index (κ2) is 9.97. The fourth-order valence-electron chi connectivity index (χ4n) is 3.33. The topological polar surface area (TPSA) is 84.5 Å². The molecule has 1 atom stereocenters. The fourth-order valence-corrected chi connectivity index (χ4v) is 4.78. The average molecular weight is 453 g/mol. The molecule has 0 fully saturated rings. The molecule has 0 spiro atoms. The quantitative estimate of drug-likeness (QED) is 0.538. The maximum absolute atomic E-state index is 13.2. The Labute approximate surface area is 189 Å². The number of anilines is 1. The van der Waals surface area contributed by atoms with E-state index < -0.39 is 22.0 Å². The maximum atomic E-state index is 13.2. The summed E-state index contributed by atoms with van der Waals surface area (Å²) >= 11 is 0. The molecule has 0 heterocycles. The highest BCUT2D eigenvalue weighted by molar-refractivity contribution is 7.89. The van der Waals surface area contributed by atoms with Crippen LogP contribution >= 0.6 is 0 Å². The summed E-state index contributed by atoms with van der Waals surface area (Å²) in [5.41, 5.74) is 4.36. The molecule has 0 bridgehead atoms. The molecule has 0 aliphatic heterocycles. The van der Waals surface area contributed by atoms with E-state index in [0.29, 0.717) is 5.69 Å². The van der Waals surface area contributed by atoms with Crippen LogP contribution in [0.4, 0.5) is 5.69 Å². The molecule has 0 aliphatic rings. The van der Waals surface area contributed by atoms with Gasteiger partial charge in [0, 0.05) is 5.69 Å². The molecule has 3 aromatic carbocycles. The van der Waals surface area contributed by atoms with Gasteiger partial charge in [0.25, 0.3) is 0 Å². The van der Waals surface area contributed by atoms with Gasteiger partial charge in [-0.3, -0.25) is 4.79 Å². The molecule has 168 valence electrons. The number of rotatable bonds is 8. The lowest BCUT2D eigenvalue weighted by molar-refractivity contribution is -0.117. The first-order chi connectivity index (χ1) is 15.2. The first-order valence-electron chi connectivity index (χ1n) is 10.3. The monoisotopic (exact) mass is 452 g/mol. The SMILES string of the molecule is COc1ccc(C)cc1S(=O)(=O)NC(Cc1ccccc1)C(=O)Nc1ccc(C)c(C)c1. The van der Waals surface area contributed by atoms with Gasteiger partial charge >= 0.3 is 0 Å². The Hall–Kier alpha value is -3.16. The van der Waals surface area contributed by atoms with Gasteiger partial charge in [-0.2, -0.15) is 4.72 Å². The fraction of sp³-hybridized carbons (Fsp3) is 0.240. The van der Waals surface area contributed by atoms with Gasteiger partial charge in [0.15, 0.2) is 0 Å². The molecule has 0 aromatic heterocycles. The molecule has 32 heavy (non-hydrogen) atoms. The third kappa shape index (κ3) is 5.75. The number of nitrogens with one attached hydrogen (secondary N) is 2. The molecule has 3 rings (SSSR count). The van der Waals surface area contributed by atoms with Gasteiger partial charge in [0.05, 0.1) is 7.11 Å². The number of hydrogen-bond acceptors (Lipinski definition) is 4. The zero-order valence-corrected chi connectivity index (χ0v) is 19.5. The largest absolute Gasteiger partial charge is 0.495 e. The van der Waals surface area contributed by atoms with Crippen LogP contribution in [0.5, 0.6) is 5.75 Å². The van der Waals surface area contributed by atoms with Crippen molar-refractivity contribution in [3.63, 3.8) is 0 Å². The minimum absolute atomic E-state index is 0.00274. The Bertz CT molecular complexity index is 1210. The van der Waals surface area contributed by atoms with E-state index >= 15 is 0 Å². The molecule has 7 heteroatoms. The molecule has 0 radical (unpaired) electrons. The van der Waals surface area contributed by atoms with E-state index in [2.05, 4.69) is 10.0 Å². The number of methoxy groups -OCH3 is 1. The minimum Gasteiger partial charge on any atom is -0.495 e. The number of sulfonamides is 1. The Morgan fingerprint density at radius 2 is 1.66 bits per heavy atom. The van der Waals surface area contributed by atoms with Crippen molar-refractivity contribution in [2.75, 3.05) is 12.4 Å². The van der Waals surface area contributed by atoms with Gasteiger partial charge in [-0.1, -0.05) is 42.5 Å². The summed E-state index contributed by atoms with van der Waals surface area (Å²) in [5.74, 6) is -0.219. The molecule has 0 aliphatic carbocycles. The van der Waals surface area contributed by atoms with Crippen molar-refractivity contribution in [2.24, 2.45) is 0 Å². The third-order valence-corrected chi connectivity index (χ3v) is 6.77. The van der Waals surface area contributed by atoms with E-state index in [0.717, 1.165) is 22.3 Å². The summed E-state index contributed by atoms with van der Waals surface area (Å²) in [6.45, 7) is 5.74. The molecule has 1 unspecified atom stereocenters. The number of hydrogen-bond donors (Lipinski definition) is 2. The number of aryl methyl sites for hydroxylation is 3. The molecular weight excluding hydrogens is 424 g/mol. The highest BCUT2D eigenvalue weighted by Crippen LogP contribution is 2.25. The Morgan fingerprint density at radius 1 is 0.938 bits per heavy atom. The van der Waals surface area contributed by atoms with Gasteiger partial charge < -0.3 is 10.1 Å². The first kappa shape index (κ1) is 23.5. The number of carbonyl (C=O) groups excluding carboxylic acids is 1. The predicted molar refractivity (Wildman–Crippen MR) is 127 cm³/mol. The highest BCUT2D eigenvalue weighted by Gasteiger charge is 2.28.